The largest absolute Gasteiger partial charge is 0.465 e. The fraction of sp³-hybridized carbons (Fsp3) is 0.333. The fourth-order valence-corrected chi connectivity index (χ4v) is 1.58. The number of hydrogen-bond donors (Lipinski definition) is 0. The maximum Gasteiger partial charge on any atom is 0.338 e. The number of carbonyl (C=O) groups excluding carboxylic acids is 2. The van der Waals surface area contributed by atoms with E-state index in [0.29, 0.717) is 5.56 Å². The molecule has 0 heterocycles. The average Bonchev–Trinajstić information content (AvgIpc) is 2.26. The zero-order valence-electron chi connectivity index (χ0n) is 9.41. The minimum absolute atomic E-state index is 0.264. The van der Waals surface area contributed by atoms with E-state index in [2.05, 4.69) is 4.74 Å². The first-order valence-corrected chi connectivity index (χ1v) is 5.29. The molecule has 1 atom stereocenters. The molecule has 0 aliphatic rings. The van der Waals surface area contributed by atoms with Gasteiger partial charge in [0.15, 0.2) is 5.78 Å². The summed E-state index contributed by atoms with van der Waals surface area (Å²) in [7, 11) is 1.28. The lowest BCUT2D eigenvalue weighted by atomic mass is 9.97. The molecular formula is C12H13ClO3. The second kappa shape index (κ2) is 5.12. The molecule has 1 aromatic rings. The zero-order valence-corrected chi connectivity index (χ0v) is 10.2. The van der Waals surface area contributed by atoms with Gasteiger partial charge >= 0.3 is 5.97 Å². The van der Waals surface area contributed by atoms with Gasteiger partial charge in [0.2, 0.25) is 0 Å². The number of alkyl halides is 1. The lowest BCUT2D eigenvalue weighted by Crippen LogP contribution is -2.17. The van der Waals surface area contributed by atoms with Crippen LogP contribution in [0.4, 0.5) is 0 Å². The predicted octanol–water partition coefficient (Wildman–Crippen LogP) is 2.59. The van der Waals surface area contributed by atoms with Crippen molar-refractivity contribution in [3.63, 3.8) is 0 Å². The maximum atomic E-state index is 11.9. The first-order chi connectivity index (χ1) is 7.49. The Labute approximate surface area is 99.4 Å². The Balaban J connectivity index is 3.35. The number of esters is 1. The van der Waals surface area contributed by atoms with Crippen molar-refractivity contribution in [1.29, 1.82) is 0 Å². The number of carbonyl (C=O) groups is 2. The number of rotatable bonds is 3. The summed E-state index contributed by atoms with van der Waals surface area (Å²) in [6.07, 6.45) is 0. The number of methoxy groups -OCH3 is 1. The van der Waals surface area contributed by atoms with E-state index in [1.165, 1.54) is 7.11 Å². The van der Waals surface area contributed by atoms with Crippen LogP contribution >= 0.6 is 11.6 Å². The molecule has 86 valence electrons. The molecule has 0 fully saturated rings. The molecule has 0 saturated carbocycles. The summed E-state index contributed by atoms with van der Waals surface area (Å²) < 4.78 is 4.63. The van der Waals surface area contributed by atoms with Crippen LogP contribution < -0.4 is 0 Å². The summed E-state index contributed by atoms with van der Waals surface area (Å²) in [6, 6.07) is 5.03. The van der Waals surface area contributed by atoms with Crippen molar-refractivity contribution >= 4 is 23.4 Å². The van der Waals surface area contributed by atoms with Crippen LogP contribution in [0.3, 0.4) is 0 Å². The third-order valence-electron chi connectivity index (χ3n) is 2.29. The molecule has 0 amide bonds. The SMILES string of the molecule is COC(=O)c1cccc(C)c1C(=O)C(C)Cl. The number of ether oxygens (including phenoxy) is 1. The highest BCUT2D eigenvalue weighted by atomic mass is 35.5. The van der Waals surface area contributed by atoms with Crippen molar-refractivity contribution in [2.75, 3.05) is 7.11 Å². The van der Waals surface area contributed by atoms with Gasteiger partial charge in [0.05, 0.1) is 18.1 Å². The van der Waals surface area contributed by atoms with E-state index in [4.69, 9.17) is 11.6 Å². The Hall–Kier alpha value is -1.35. The minimum Gasteiger partial charge on any atom is -0.465 e. The number of Topliss-reactive ketones (excluding diaryl/α,β-unsaturated/α-hetero) is 1. The third kappa shape index (κ3) is 2.42. The Bertz CT molecular complexity index is 424. The molecule has 1 aromatic carbocycles. The second-order valence-electron chi connectivity index (χ2n) is 3.47. The van der Waals surface area contributed by atoms with Gasteiger partial charge in [-0.1, -0.05) is 12.1 Å². The molecule has 0 aromatic heterocycles. The van der Waals surface area contributed by atoms with Crippen molar-refractivity contribution in [1.82, 2.24) is 0 Å². The summed E-state index contributed by atoms with van der Waals surface area (Å²) in [6.45, 7) is 3.34. The van der Waals surface area contributed by atoms with Crippen LogP contribution in [0.25, 0.3) is 0 Å². The normalized spacial score (nSPS) is 12.0. The van der Waals surface area contributed by atoms with Crippen LogP contribution in [0, 0.1) is 6.92 Å². The molecule has 1 rings (SSSR count). The van der Waals surface area contributed by atoms with Crippen molar-refractivity contribution in [3.8, 4) is 0 Å². The van der Waals surface area contributed by atoms with Crippen LogP contribution in [0.15, 0.2) is 18.2 Å². The number of benzene rings is 1. The predicted molar refractivity (Wildman–Crippen MR) is 62.2 cm³/mol. The smallest absolute Gasteiger partial charge is 0.338 e. The maximum absolute atomic E-state index is 11.9. The number of halogens is 1. The second-order valence-corrected chi connectivity index (χ2v) is 4.12. The van der Waals surface area contributed by atoms with Gasteiger partial charge in [-0.3, -0.25) is 4.79 Å². The molecule has 0 spiro atoms. The minimum atomic E-state index is -0.662. The van der Waals surface area contributed by atoms with E-state index in [1.807, 2.05) is 0 Å². The van der Waals surface area contributed by atoms with E-state index in [1.54, 1.807) is 32.0 Å². The molecule has 0 aliphatic carbocycles. The topological polar surface area (TPSA) is 43.4 Å². The molecule has 0 aliphatic heterocycles. The number of hydrogen-bond acceptors (Lipinski definition) is 3. The summed E-state index contributed by atoms with van der Waals surface area (Å²) in [5.41, 5.74) is 1.33. The van der Waals surface area contributed by atoms with Crippen LogP contribution in [0.2, 0.25) is 0 Å². The zero-order chi connectivity index (χ0) is 12.3. The van der Waals surface area contributed by atoms with E-state index >= 15 is 0 Å². The first kappa shape index (κ1) is 12.7. The number of aryl methyl sites for hydroxylation is 1. The summed E-state index contributed by atoms with van der Waals surface area (Å²) in [5.74, 6) is -0.787. The van der Waals surface area contributed by atoms with E-state index in [-0.39, 0.29) is 11.3 Å². The first-order valence-electron chi connectivity index (χ1n) is 4.85. The monoisotopic (exact) mass is 240 g/mol. The summed E-state index contributed by atoms with van der Waals surface area (Å²) in [4.78, 5) is 23.4. The van der Waals surface area contributed by atoms with Crippen LogP contribution in [-0.4, -0.2) is 24.2 Å². The Morgan fingerprint density at radius 2 is 2.00 bits per heavy atom. The lowest BCUT2D eigenvalue weighted by molar-refractivity contribution is 0.0597. The molecule has 1 unspecified atom stereocenters. The van der Waals surface area contributed by atoms with Crippen molar-refractivity contribution in [3.05, 3.63) is 34.9 Å². The van der Waals surface area contributed by atoms with E-state index in [0.717, 1.165) is 5.56 Å². The quantitative estimate of drug-likeness (QED) is 0.463. The summed E-state index contributed by atoms with van der Waals surface area (Å²) >= 11 is 5.75. The standard InChI is InChI=1S/C12H13ClO3/c1-7-5-4-6-9(12(15)16-3)10(7)11(14)8(2)13/h4-6,8H,1-3H3. The van der Waals surface area contributed by atoms with E-state index < -0.39 is 11.3 Å². The molecule has 3 nitrogen and oxygen atoms in total. The van der Waals surface area contributed by atoms with Gasteiger partial charge in [-0.25, -0.2) is 4.79 Å². The number of ketones is 1. The van der Waals surface area contributed by atoms with Crippen molar-refractivity contribution in [2.45, 2.75) is 19.2 Å². The van der Waals surface area contributed by atoms with Gasteiger partial charge in [0.25, 0.3) is 0 Å². The molecular weight excluding hydrogens is 228 g/mol. The molecule has 16 heavy (non-hydrogen) atoms. The van der Waals surface area contributed by atoms with Crippen molar-refractivity contribution < 1.29 is 14.3 Å². The van der Waals surface area contributed by atoms with Crippen molar-refractivity contribution in [2.24, 2.45) is 0 Å². The Kier molecular flexibility index (Phi) is 4.07. The summed E-state index contributed by atoms with van der Waals surface area (Å²) in [5, 5.41) is -0.662. The van der Waals surface area contributed by atoms with Gasteiger partial charge in [-0.05, 0) is 25.5 Å². The highest BCUT2D eigenvalue weighted by molar-refractivity contribution is 6.34. The third-order valence-corrected chi connectivity index (χ3v) is 2.48. The van der Waals surface area contributed by atoms with Crippen LogP contribution in [0.5, 0.6) is 0 Å². The van der Waals surface area contributed by atoms with Gasteiger partial charge in [0.1, 0.15) is 0 Å². The molecule has 0 bridgehead atoms. The Morgan fingerprint density at radius 1 is 1.38 bits per heavy atom. The van der Waals surface area contributed by atoms with Crippen LogP contribution in [0.1, 0.15) is 33.2 Å². The van der Waals surface area contributed by atoms with Gasteiger partial charge in [0, 0.05) is 5.56 Å². The van der Waals surface area contributed by atoms with Gasteiger partial charge in [-0.2, -0.15) is 0 Å². The fourth-order valence-electron chi connectivity index (χ4n) is 1.47. The highest BCUT2D eigenvalue weighted by Gasteiger charge is 2.22. The molecule has 0 radical (unpaired) electrons. The molecule has 0 N–H and O–H groups in total. The molecule has 4 heteroatoms. The average molecular weight is 241 g/mol. The van der Waals surface area contributed by atoms with E-state index in [9.17, 15) is 9.59 Å². The highest BCUT2D eigenvalue weighted by Crippen LogP contribution is 2.19. The van der Waals surface area contributed by atoms with Gasteiger partial charge < -0.3 is 4.74 Å². The Morgan fingerprint density at radius 3 is 2.50 bits per heavy atom. The van der Waals surface area contributed by atoms with Gasteiger partial charge in [-0.15, -0.1) is 11.6 Å². The lowest BCUT2D eigenvalue weighted by Gasteiger charge is -2.11. The van der Waals surface area contributed by atoms with Crippen LogP contribution in [-0.2, 0) is 4.74 Å². The molecule has 0 saturated heterocycles.